The van der Waals surface area contributed by atoms with Crippen LogP contribution in [0, 0.1) is 5.92 Å². The van der Waals surface area contributed by atoms with Crippen LogP contribution in [0.3, 0.4) is 0 Å². The van der Waals surface area contributed by atoms with E-state index >= 15 is 0 Å². The third kappa shape index (κ3) is 3.48. The molecule has 1 aliphatic rings. The molecule has 4 heteroatoms. The molecule has 1 N–H and O–H groups in total. The maximum absolute atomic E-state index is 11.8. The Morgan fingerprint density at radius 3 is 1.88 bits per heavy atom. The van der Waals surface area contributed by atoms with Crippen LogP contribution < -0.4 is 15.7 Å². The van der Waals surface area contributed by atoms with E-state index in [0.29, 0.717) is 13.0 Å². The van der Waals surface area contributed by atoms with Gasteiger partial charge in [-0.25, -0.2) is 0 Å². The van der Waals surface area contributed by atoms with E-state index in [9.17, 15) is 4.79 Å². The zero-order valence-electron chi connectivity index (χ0n) is 16.2. The van der Waals surface area contributed by atoms with Crippen LogP contribution in [0.5, 0.6) is 0 Å². The lowest BCUT2D eigenvalue weighted by Gasteiger charge is -2.43. The average Bonchev–Trinajstić information content (AvgIpc) is 2.94. The van der Waals surface area contributed by atoms with Gasteiger partial charge in [-0.1, -0.05) is 81.4 Å². The van der Waals surface area contributed by atoms with E-state index < -0.39 is 8.32 Å². The maximum atomic E-state index is 11.8. The fourth-order valence-corrected chi connectivity index (χ4v) is 8.66. The molecule has 1 amide bonds. The topological polar surface area (TPSA) is 38.3 Å². The Balaban J connectivity index is 2.04. The molecule has 0 unspecified atom stereocenters. The number of benzene rings is 2. The Hall–Kier alpha value is -1.91. The second-order valence-electron chi connectivity index (χ2n) is 8.29. The zero-order chi connectivity index (χ0) is 18.8. The van der Waals surface area contributed by atoms with Gasteiger partial charge in [-0.15, -0.1) is 0 Å². The fourth-order valence-electron chi connectivity index (χ4n) is 4.04. The van der Waals surface area contributed by atoms with Gasteiger partial charge in [0.05, 0.1) is 0 Å². The second-order valence-corrected chi connectivity index (χ2v) is 12.6. The summed E-state index contributed by atoms with van der Waals surface area (Å²) in [6.45, 7) is 9.51. The largest absolute Gasteiger partial charge is 0.407 e. The second kappa shape index (κ2) is 7.37. The highest BCUT2D eigenvalue weighted by atomic mass is 28.4. The van der Waals surface area contributed by atoms with Crippen LogP contribution in [0.4, 0.5) is 0 Å². The molecule has 1 saturated heterocycles. The number of carbonyl (C=O) groups is 1. The van der Waals surface area contributed by atoms with Crippen molar-refractivity contribution in [1.82, 2.24) is 5.32 Å². The standard InChI is InChI=1S/C22H29NO2Si/c1-17-18(15-21(24)23-17)16-25-26(22(2,3)4,19-11-7-5-8-12-19)20-13-9-6-10-14-20/h5-14,17-18H,15-16H2,1-4H3,(H,23,24)/t17-,18-/m1/s1. The minimum absolute atomic E-state index is 0.0328. The lowest BCUT2D eigenvalue weighted by Crippen LogP contribution is -2.67. The Labute approximate surface area is 157 Å². The first-order valence-electron chi connectivity index (χ1n) is 9.39. The van der Waals surface area contributed by atoms with E-state index in [4.69, 9.17) is 4.43 Å². The van der Waals surface area contributed by atoms with Crippen molar-refractivity contribution in [3.05, 3.63) is 60.7 Å². The van der Waals surface area contributed by atoms with Crippen LogP contribution in [0.2, 0.25) is 5.04 Å². The predicted molar refractivity (Wildman–Crippen MR) is 109 cm³/mol. The van der Waals surface area contributed by atoms with Crippen molar-refractivity contribution >= 4 is 24.6 Å². The number of carbonyl (C=O) groups excluding carboxylic acids is 1. The van der Waals surface area contributed by atoms with Gasteiger partial charge < -0.3 is 9.74 Å². The van der Waals surface area contributed by atoms with Crippen molar-refractivity contribution < 1.29 is 9.22 Å². The lowest BCUT2D eigenvalue weighted by molar-refractivity contribution is -0.119. The molecule has 26 heavy (non-hydrogen) atoms. The van der Waals surface area contributed by atoms with Crippen molar-refractivity contribution in [3.8, 4) is 0 Å². The third-order valence-electron chi connectivity index (χ3n) is 5.47. The van der Waals surface area contributed by atoms with Crippen molar-refractivity contribution in [2.45, 2.75) is 45.2 Å². The molecule has 1 heterocycles. The molecule has 1 fully saturated rings. The van der Waals surface area contributed by atoms with Crippen molar-refractivity contribution in [2.24, 2.45) is 5.92 Å². The molecule has 3 rings (SSSR count). The molecule has 2 aromatic rings. The Kier molecular flexibility index (Phi) is 5.35. The van der Waals surface area contributed by atoms with Gasteiger partial charge in [0.15, 0.2) is 0 Å². The quantitative estimate of drug-likeness (QED) is 0.825. The molecule has 138 valence electrons. The number of hydrogen-bond donors (Lipinski definition) is 1. The van der Waals surface area contributed by atoms with Crippen LogP contribution in [0.15, 0.2) is 60.7 Å². The molecular weight excluding hydrogens is 338 g/mol. The normalized spacial score (nSPS) is 20.8. The molecule has 0 aliphatic carbocycles. The van der Waals surface area contributed by atoms with Crippen LogP contribution in [0.1, 0.15) is 34.1 Å². The monoisotopic (exact) mass is 367 g/mol. The summed E-state index contributed by atoms with van der Waals surface area (Å²) in [5.41, 5.74) is 0. The van der Waals surface area contributed by atoms with Gasteiger partial charge >= 0.3 is 0 Å². The van der Waals surface area contributed by atoms with Gasteiger partial charge in [0, 0.05) is 25.0 Å². The van der Waals surface area contributed by atoms with Crippen LogP contribution in [-0.2, 0) is 9.22 Å². The van der Waals surface area contributed by atoms with E-state index in [-0.39, 0.29) is 22.9 Å². The summed E-state index contributed by atoms with van der Waals surface area (Å²) in [5.74, 6) is 0.359. The molecule has 0 saturated carbocycles. The molecule has 0 spiro atoms. The number of rotatable bonds is 5. The first-order valence-corrected chi connectivity index (χ1v) is 11.3. The number of amides is 1. The van der Waals surface area contributed by atoms with Crippen molar-refractivity contribution in [1.29, 1.82) is 0 Å². The van der Waals surface area contributed by atoms with E-state index in [1.54, 1.807) is 0 Å². The minimum Gasteiger partial charge on any atom is -0.407 e. The first-order chi connectivity index (χ1) is 12.3. The molecular formula is C22H29NO2Si. The summed E-state index contributed by atoms with van der Waals surface area (Å²) >= 11 is 0. The Morgan fingerprint density at radius 1 is 1.00 bits per heavy atom. The third-order valence-corrected chi connectivity index (χ3v) is 10.5. The molecule has 0 radical (unpaired) electrons. The summed E-state index contributed by atoms with van der Waals surface area (Å²) in [6.07, 6.45) is 0.555. The molecule has 0 bridgehead atoms. The Morgan fingerprint density at radius 2 is 1.50 bits per heavy atom. The van der Waals surface area contributed by atoms with Gasteiger partial charge in [-0.05, 0) is 22.3 Å². The molecule has 1 aliphatic heterocycles. The summed E-state index contributed by atoms with van der Waals surface area (Å²) in [6, 6.07) is 21.5. The zero-order valence-corrected chi connectivity index (χ0v) is 17.2. The van der Waals surface area contributed by atoms with E-state index in [0.717, 1.165) is 0 Å². The van der Waals surface area contributed by atoms with E-state index in [1.165, 1.54) is 10.4 Å². The van der Waals surface area contributed by atoms with Gasteiger partial charge in [0.1, 0.15) is 0 Å². The lowest BCUT2D eigenvalue weighted by atomic mass is 10.0. The summed E-state index contributed by atoms with van der Waals surface area (Å²) in [5, 5.41) is 5.55. The smallest absolute Gasteiger partial charge is 0.261 e. The molecule has 0 aromatic heterocycles. The van der Waals surface area contributed by atoms with Crippen LogP contribution >= 0.6 is 0 Å². The van der Waals surface area contributed by atoms with E-state index in [2.05, 4.69) is 93.7 Å². The van der Waals surface area contributed by atoms with Crippen LogP contribution in [-0.4, -0.2) is 26.9 Å². The molecule has 2 atom stereocenters. The number of hydrogen-bond acceptors (Lipinski definition) is 2. The Bertz CT molecular complexity index is 700. The minimum atomic E-state index is -2.51. The van der Waals surface area contributed by atoms with Gasteiger partial charge in [-0.3, -0.25) is 4.79 Å². The molecule has 3 nitrogen and oxygen atoms in total. The highest BCUT2D eigenvalue weighted by Gasteiger charge is 2.50. The maximum Gasteiger partial charge on any atom is 0.261 e. The molecule has 2 aromatic carbocycles. The van der Waals surface area contributed by atoms with Gasteiger partial charge in [0.25, 0.3) is 8.32 Å². The number of nitrogens with one attached hydrogen (secondary N) is 1. The fraction of sp³-hybridized carbons (Fsp3) is 0.409. The summed E-state index contributed by atoms with van der Waals surface area (Å²) in [4.78, 5) is 11.8. The van der Waals surface area contributed by atoms with Gasteiger partial charge in [0.2, 0.25) is 5.91 Å². The van der Waals surface area contributed by atoms with Crippen molar-refractivity contribution in [2.75, 3.05) is 6.61 Å². The average molecular weight is 368 g/mol. The van der Waals surface area contributed by atoms with Gasteiger partial charge in [-0.2, -0.15) is 0 Å². The first kappa shape index (κ1) is 18.9. The summed E-state index contributed by atoms with van der Waals surface area (Å²) < 4.78 is 6.92. The predicted octanol–water partition coefficient (Wildman–Crippen LogP) is 3.09. The highest BCUT2D eigenvalue weighted by Crippen LogP contribution is 2.37. The van der Waals surface area contributed by atoms with E-state index in [1.807, 2.05) is 0 Å². The SMILES string of the molecule is C[C@H]1NC(=O)C[C@@H]1CO[Si](c1ccccc1)(c1ccccc1)C(C)(C)C. The highest BCUT2D eigenvalue weighted by molar-refractivity contribution is 6.99. The summed E-state index contributed by atoms with van der Waals surface area (Å²) in [7, 11) is -2.51. The van der Waals surface area contributed by atoms with Crippen LogP contribution in [0.25, 0.3) is 0 Å². The van der Waals surface area contributed by atoms with Crippen molar-refractivity contribution in [3.63, 3.8) is 0 Å².